The molecule has 1 aliphatic carbocycles. The van der Waals surface area contributed by atoms with E-state index in [0.29, 0.717) is 11.7 Å². The number of hydrogen-bond acceptors (Lipinski definition) is 2. The topological polar surface area (TPSA) is 54.4 Å². The normalized spacial score (nSPS) is 22.2. The molecule has 0 aromatic heterocycles. The lowest BCUT2D eigenvalue weighted by molar-refractivity contribution is -0.137. The summed E-state index contributed by atoms with van der Waals surface area (Å²) in [5, 5.41) is 8.39. The fraction of sp³-hybridized carbons (Fsp3) is 0.800. The zero-order valence-corrected chi connectivity index (χ0v) is 7.79. The molecule has 0 radical (unpaired) electrons. The molecule has 0 aromatic rings. The zero-order chi connectivity index (χ0) is 9.68. The first kappa shape index (κ1) is 10.2. The third-order valence-electron chi connectivity index (χ3n) is 2.60. The number of ketones is 1. The van der Waals surface area contributed by atoms with Gasteiger partial charge in [0.1, 0.15) is 5.78 Å². The van der Waals surface area contributed by atoms with Crippen molar-refractivity contribution in [3.8, 4) is 0 Å². The van der Waals surface area contributed by atoms with Crippen LogP contribution in [0.15, 0.2) is 0 Å². The van der Waals surface area contributed by atoms with Gasteiger partial charge in [0.05, 0.1) is 0 Å². The molecule has 0 saturated heterocycles. The van der Waals surface area contributed by atoms with Crippen molar-refractivity contribution in [3.05, 3.63) is 0 Å². The third-order valence-corrected chi connectivity index (χ3v) is 2.60. The Balaban J connectivity index is 2.00. The van der Waals surface area contributed by atoms with Crippen molar-refractivity contribution in [1.29, 1.82) is 0 Å². The van der Waals surface area contributed by atoms with Crippen molar-refractivity contribution < 1.29 is 14.7 Å². The van der Waals surface area contributed by atoms with Crippen LogP contribution in [0.4, 0.5) is 0 Å². The van der Waals surface area contributed by atoms with Gasteiger partial charge in [-0.2, -0.15) is 0 Å². The number of aliphatic carboxylic acids is 1. The van der Waals surface area contributed by atoms with Gasteiger partial charge in [-0.05, 0) is 25.2 Å². The van der Waals surface area contributed by atoms with E-state index < -0.39 is 5.97 Å². The minimum atomic E-state index is -0.720. The maximum atomic E-state index is 10.9. The van der Waals surface area contributed by atoms with E-state index in [1.807, 2.05) is 0 Å². The summed E-state index contributed by atoms with van der Waals surface area (Å²) >= 11 is 0. The summed E-state index contributed by atoms with van der Waals surface area (Å²) in [6.07, 6.45) is 5.48. The molecule has 1 saturated carbocycles. The molecule has 74 valence electrons. The molecule has 1 unspecified atom stereocenters. The first-order valence-electron chi connectivity index (χ1n) is 4.92. The van der Waals surface area contributed by atoms with Crippen LogP contribution in [0.1, 0.15) is 44.9 Å². The number of carboxylic acid groups (broad SMARTS) is 1. The first-order valence-corrected chi connectivity index (χ1v) is 4.92. The van der Waals surface area contributed by atoms with Gasteiger partial charge in [-0.3, -0.25) is 9.59 Å². The first-order chi connectivity index (χ1) is 6.18. The van der Waals surface area contributed by atoms with E-state index in [4.69, 9.17) is 5.11 Å². The Kier molecular flexibility index (Phi) is 3.93. The molecule has 1 rings (SSSR count). The van der Waals surface area contributed by atoms with Crippen LogP contribution in [0, 0.1) is 5.92 Å². The van der Waals surface area contributed by atoms with Crippen LogP contribution in [-0.4, -0.2) is 16.9 Å². The van der Waals surface area contributed by atoms with Gasteiger partial charge in [0.2, 0.25) is 0 Å². The number of carboxylic acids is 1. The minimum absolute atomic E-state index is 0.265. The summed E-state index contributed by atoms with van der Waals surface area (Å²) in [4.78, 5) is 21.1. The number of carbonyl (C=O) groups excluding carboxylic acids is 1. The number of hydrogen-bond donors (Lipinski definition) is 1. The van der Waals surface area contributed by atoms with E-state index in [0.717, 1.165) is 38.5 Å². The molecule has 0 aliphatic heterocycles. The molecule has 13 heavy (non-hydrogen) atoms. The Bertz CT molecular complexity index is 198. The largest absolute Gasteiger partial charge is 0.481 e. The molecule has 3 nitrogen and oxygen atoms in total. The zero-order valence-electron chi connectivity index (χ0n) is 7.79. The Morgan fingerprint density at radius 3 is 2.77 bits per heavy atom. The maximum absolute atomic E-state index is 10.9. The van der Waals surface area contributed by atoms with E-state index in [2.05, 4.69) is 0 Å². The van der Waals surface area contributed by atoms with Crippen molar-refractivity contribution in [3.63, 3.8) is 0 Å². The number of rotatable bonds is 5. The Morgan fingerprint density at radius 2 is 2.23 bits per heavy atom. The van der Waals surface area contributed by atoms with Crippen molar-refractivity contribution in [2.24, 2.45) is 5.92 Å². The molecular weight excluding hydrogens is 168 g/mol. The molecule has 1 fully saturated rings. The average Bonchev–Trinajstić information content (AvgIpc) is 2.45. The lowest BCUT2D eigenvalue weighted by Crippen LogP contribution is -1.98. The van der Waals surface area contributed by atoms with Gasteiger partial charge in [-0.1, -0.05) is 6.42 Å². The van der Waals surface area contributed by atoms with E-state index in [-0.39, 0.29) is 6.42 Å². The van der Waals surface area contributed by atoms with E-state index in [1.165, 1.54) is 0 Å². The summed E-state index contributed by atoms with van der Waals surface area (Å²) in [6.45, 7) is 0. The van der Waals surface area contributed by atoms with Crippen molar-refractivity contribution in [2.45, 2.75) is 44.9 Å². The second-order valence-electron chi connectivity index (χ2n) is 3.79. The summed E-state index contributed by atoms with van der Waals surface area (Å²) in [7, 11) is 0. The summed E-state index contributed by atoms with van der Waals surface area (Å²) < 4.78 is 0. The van der Waals surface area contributed by atoms with Gasteiger partial charge in [-0.15, -0.1) is 0 Å². The molecule has 1 aliphatic rings. The monoisotopic (exact) mass is 184 g/mol. The molecule has 0 heterocycles. The van der Waals surface area contributed by atoms with Crippen LogP contribution in [0.2, 0.25) is 0 Å². The fourth-order valence-corrected chi connectivity index (χ4v) is 1.85. The Labute approximate surface area is 78.1 Å². The van der Waals surface area contributed by atoms with Crippen molar-refractivity contribution >= 4 is 11.8 Å². The smallest absolute Gasteiger partial charge is 0.303 e. The van der Waals surface area contributed by atoms with E-state index in [1.54, 1.807) is 0 Å². The van der Waals surface area contributed by atoms with Gasteiger partial charge >= 0.3 is 5.97 Å². The maximum Gasteiger partial charge on any atom is 0.303 e. The molecule has 0 aromatic carbocycles. The molecule has 1 atom stereocenters. The van der Waals surface area contributed by atoms with Crippen LogP contribution in [-0.2, 0) is 9.59 Å². The molecule has 0 spiro atoms. The predicted octanol–water partition coefficient (Wildman–Crippen LogP) is 2.00. The summed E-state index contributed by atoms with van der Waals surface area (Å²) in [5.41, 5.74) is 0. The molecule has 0 amide bonds. The Morgan fingerprint density at radius 1 is 1.46 bits per heavy atom. The third kappa shape index (κ3) is 4.06. The SMILES string of the molecule is O=C(O)CCCCC1CCC(=O)C1. The van der Waals surface area contributed by atoms with E-state index >= 15 is 0 Å². The van der Waals surface area contributed by atoms with Gasteiger partial charge in [0.15, 0.2) is 0 Å². The van der Waals surface area contributed by atoms with E-state index in [9.17, 15) is 9.59 Å². The lowest BCUT2D eigenvalue weighted by atomic mass is 10.00. The molecule has 0 bridgehead atoms. The molecule has 1 N–H and O–H groups in total. The highest BCUT2D eigenvalue weighted by atomic mass is 16.4. The number of carbonyl (C=O) groups is 2. The second-order valence-corrected chi connectivity index (χ2v) is 3.79. The highest BCUT2D eigenvalue weighted by Crippen LogP contribution is 2.26. The Hall–Kier alpha value is -0.860. The van der Waals surface area contributed by atoms with Crippen LogP contribution in [0.5, 0.6) is 0 Å². The summed E-state index contributed by atoms with van der Waals surface area (Å²) in [5.74, 6) is 0.201. The number of unbranched alkanes of at least 4 members (excludes halogenated alkanes) is 1. The van der Waals surface area contributed by atoms with Crippen LogP contribution >= 0.6 is 0 Å². The highest BCUT2D eigenvalue weighted by molar-refractivity contribution is 5.80. The van der Waals surface area contributed by atoms with Gasteiger partial charge in [0, 0.05) is 19.3 Å². The number of Topliss-reactive ketones (excluding diaryl/α,β-unsaturated/α-hetero) is 1. The van der Waals surface area contributed by atoms with Gasteiger partial charge < -0.3 is 5.11 Å². The van der Waals surface area contributed by atoms with Gasteiger partial charge in [0.25, 0.3) is 0 Å². The highest BCUT2D eigenvalue weighted by Gasteiger charge is 2.21. The standard InChI is InChI=1S/C10H16O3/c11-9-6-5-8(7-9)3-1-2-4-10(12)13/h8H,1-7H2,(H,12,13). The van der Waals surface area contributed by atoms with Crippen LogP contribution < -0.4 is 0 Å². The predicted molar refractivity (Wildman–Crippen MR) is 48.5 cm³/mol. The fourth-order valence-electron chi connectivity index (χ4n) is 1.85. The molecule has 3 heteroatoms. The van der Waals surface area contributed by atoms with Crippen molar-refractivity contribution in [2.75, 3.05) is 0 Å². The van der Waals surface area contributed by atoms with Crippen LogP contribution in [0.25, 0.3) is 0 Å². The minimum Gasteiger partial charge on any atom is -0.481 e. The van der Waals surface area contributed by atoms with Crippen LogP contribution in [0.3, 0.4) is 0 Å². The quantitative estimate of drug-likeness (QED) is 0.665. The van der Waals surface area contributed by atoms with Gasteiger partial charge in [-0.25, -0.2) is 0 Å². The average molecular weight is 184 g/mol. The lowest BCUT2D eigenvalue weighted by Gasteiger charge is -2.05. The summed E-state index contributed by atoms with van der Waals surface area (Å²) in [6, 6.07) is 0. The second kappa shape index (κ2) is 5.00. The van der Waals surface area contributed by atoms with Crippen molar-refractivity contribution in [1.82, 2.24) is 0 Å². The molecular formula is C10H16O3.